The molecule has 0 fully saturated rings. The predicted octanol–water partition coefficient (Wildman–Crippen LogP) is 5.26. The molecule has 18 heavy (non-hydrogen) atoms. The summed E-state index contributed by atoms with van der Waals surface area (Å²) >= 11 is 0. The van der Waals surface area contributed by atoms with E-state index in [1.165, 1.54) is 0 Å². The number of rotatable bonds is 11. The summed E-state index contributed by atoms with van der Waals surface area (Å²) in [5.74, 6) is 0.00151. The van der Waals surface area contributed by atoms with E-state index in [0.717, 1.165) is 57.8 Å². The van der Waals surface area contributed by atoms with Crippen LogP contribution in [0.3, 0.4) is 0 Å². The van der Waals surface area contributed by atoms with Gasteiger partial charge in [-0.1, -0.05) is 66.2 Å². The van der Waals surface area contributed by atoms with Crippen LogP contribution in [0.2, 0.25) is 0 Å². The largest absolute Gasteiger partial charge is 0.481 e. The molecule has 0 bridgehead atoms. The van der Waals surface area contributed by atoms with Crippen molar-refractivity contribution < 1.29 is 9.90 Å². The van der Waals surface area contributed by atoms with E-state index in [9.17, 15) is 9.90 Å². The third-order valence-corrected chi connectivity index (χ3v) is 4.28. The van der Waals surface area contributed by atoms with E-state index >= 15 is 0 Å². The SMILES string of the molecule is CCCCCC(CCC)(CC(CC)CC)C(=O)O. The van der Waals surface area contributed by atoms with Gasteiger partial charge >= 0.3 is 5.97 Å². The van der Waals surface area contributed by atoms with Crippen LogP contribution >= 0.6 is 0 Å². The molecular weight excluding hydrogens is 224 g/mol. The van der Waals surface area contributed by atoms with Crippen LogP contribution < -0.4 is 0 Å². The number of hydrogen-bond acceptors (Lipinski definition) is 1. The Kier molecular flexibility index (Phi) is 9.13. The topological polar surface area (TPSA) is 37.3 Å². The van der Waals surface area contributed by atoms with Crippen molar-refractivity contribution in [1.29, 1.82) is 0 Å². The lowest BCUT2D eigenvalue weighted by atomic mass is 9.71. The summed E-state index contributed by atoms with van der Waals surface area (Å²) in [5.41, 5.74) is -0.458. The Bertz CT molecular complexity index is 221. The number of hydrogen-bond donors (Lipinski definition) is 1. The zero-order valence-electron chi connectivity index (χ0n) is 12.8. The van der Waals surface area contributed by atoms with Crippen LogP contribution in [0.15, 0.2) is 0 Å². The molecule has 0 saturated heterocycles. The number of aliphatic carboxylic acids is 1. The van der Waals surface area contributed by atoms with Crippen LogP contribution in [0.1, 0.15) is 85.5 Å². The zero-order valence-corrected chi connectivity index (χ0v) is 12.8. The molecule has 108 valence electrons. The van der Waals surface area contributed by atoms with Gasteiger partial charge in [0.25, 0.3) is 0 Å². The Balaban J connectivity index is 4.77. The van der Waals surface area contributed by atoms with Gasteiger partial charge in [0, 0.05) is 0 Å². The second-order valence-electron chi connectivity index (χ2n) is 5.68. The first-order valence-corrected chi connectivity index (χ1v) is 7.79. The number of unbranched alkanes of at least 4 members (excludes halogenated alkanes) is 2. The fourth-order valence-electron chi connectivity index (χ4n) is 2.95. The van der Waals surface area contributed by atoms with Crippen molar-refractivity contribution in [3.05, 3.63) is 0 Å². The van der Waals surface area contributed by atoms with Crippen LogP contribution in [0.25, 0.3) is 0 Å². The van der Waals surface area contributed by atoms with Gasteiger partial charge in [0.2, 0.25) is 0 Å². The minimum atomic E-state index is -0.563. The highest BCUT2D eigenvalue weighted by molar-refractivity contribution is 5.74. The number of carboxylic acids is 1. The quantitative estimate of drug-likeness (QED) is 0.512. The highest BCUT2D eigenvalue weighted by Crippen LogP contribution is 2.39. The normalized spacial score (nSPS) is 14.7. The Hall–Kier alpha value is -0.530. The van der Waals surface area contributed by atoms with Crippen LogP contribution in [0, 0.1) is 11.3 Å². The van der Waals surface area contributed by atoms with Gasteiger partial charge in [-0.25, -0.2) is 0 Å². The molecule has 2 heteroatoms. The van der Waals surface area contributed by atoms with Crippen LogP contribution in [0.5, 0.6) is 0 Å². The van der Waals surface area contributed by atoms with Crippen molar-refractivity contribution in [3.63, 3.8) is 0 Å². The van der Waals surface area contributed by atoms with Crippen molar-refractivity contribution in [3.8, 4) is 0 Å². The molecule has 0 aliphatic carbocycles. The molecule has 0 aromatic heterocycles. The Labute approximate surface area is 113 Å². The van der Waals surface area contributed by atoms with E-state index in [1.807, 2.05) is 0 Å². The van der Waals surface area contributed by atoms with E-state index < -0.39 is 11.4 Å². The molecule has 0 radical (unpaired) electrons. The van der Waals surface area contributed by atoms with Gasteiger partial charge in [-0.15, -0.1) is 0 Å². The van der Waals surface area contributed by atoms with E-state index in [1.54, 1.807) is 0 Å². The van der Waals surface area contributed by atoms with Gasteiger partial charge in [-0.2, -0.15) is 0 Å². The highest BCUT2D eigenvalue weighted by Gasteiger charge is 2.38. The third kappa shape index (κ3) is 5.41. The van der Waals surface area contributed by atoms with Crippen molar-refractivity contribution in [2.45, 2.75) is 85.5 Å². The standard InChI is InChI=1S/C16H32O2/c1-5-9-10-12-16(11-6-2,15(17)18)13-14(7-3)8-4/h14H,5-13H2,1-4H3,(H,17,18). The molecule has 2 nitrogen and oxygen atoms in total. The first kappa shape index (κ1) is 17.5. The average Bonchev–Trinajstić information content (AvgIpc) is 2.35. The van der Waals surface area contributed by atoms with Crippen molar-refractivity contribution in [1.82, 2.24) is 0 Å². The van der Waals surface area contributed by atoms with E-state index in [-0.39, 0.29) is 0 Å². The highest BCUT2D eigenvalue weighted by atomic mass is 16.4. The number of carbonyl (C=O) groups is 1. The molecule has 0 aromatic rings. The summed E-state index contributed by atoms with van der Waals surface area (Å²) in [7, 11) is 0. The van der Waals surface area contributed by atoms with Crippen molar-refractivity contribution in [2.24, 2.45) is 11.3 Å². The van der Waals surface area contributed by atoms with Gasteiger partial charge in [0.05, 0.1) is 5.41 Å². The average molecular weight is 256 g/mol. The second-order valence-corrected chi connectivity index (χ2v) is 5.68. The second kappa shape index (κ2) is 9.41. The van der Waals surface area contributed by atoms with Gasteiger partial charge in [0.15, 0.2) is 0 Å². The molecule has 0 aliphatic rings. The first-order chi connectivity index (χ1) is 8.56. The molecular formula is C16H32O2. The maximum Gasteiger partial charge on any atom is 0.309 e. The minimum Gasteiger partial charge on any atom is -0.481 e. The van der Waals surface area contributed by atoms with Gasteiger partial charge in [0.1, 0.15) is 0 Å². The lowest BCUT2D eigenvalue weighted by molar-refractivity contribution is -0.151. The van der Waals surface area contributed by atoms with Crippen LogP contribution in [-0.2, 0) is 4.79 Å². The Morgan fingerprint density at radius 2 is 1.61 bits per heavy atom. The molecule has 1 atom stereocenters. The lowest BCUT2D eigenvalue weighted by Crippen LogP contribution is -2.33. The smallest absolute Gasteiger partial charge is 0.309 e. The predicted molar refractivity (Wildman–Crippen MR) is 77.8 cm³/mol. The Morgan fingerprint density at radius 1 is 1.00 bits per heavy atom. The van der Waals surface area contributed by atoms with E-state index in [0.29, 0.717) is 5.92 Å². The fourth-order valence-corrected chi connectivity index (χ4v) is 2.95. The summed E-state index contributed by atoms with van der Waals surface area (Å²) in [6.45, 7) is 8.63. The van der Waals surface area contributed by atoms with Crippen LogP contribution in [-0.4, -0.2) is 11.1 Å². The van der Waals surface area contributed by atoms with Crippen molar-refractivity contribution >= 4 is 5.97 Å². The maximum atomic E-state index is 11.8. The van der Waals surface area contributed by atoms with Gasteiger partial charge < -0.3 is 5.11 Å². The first-order valence-electron chi connectivity index (χ1n) is 7.79. The number of carboxylic acid groups (broad SMARTS) is 1. The molecule has 1 unspecified atom stereocenters. The van der Waals surface area contributed by atoms with E-state index in [2.05, 4.69) is 27.7 Å². The molecule has 0 spiro atoms. The van der Waals surface area contributed by atoms with E-state index in [4.69, 9.17) is 0 Å². The molecule has 0 saturated carbocycles. The summed E-state index contributed by atoms with van der Waals surface area (Å²) in [6.07, 6.45) is 9.11. The lowest BCUT2D eigenvalue weighted by Gasteiger charge is -2.32. The van der Waals surface area contributed by atoms with Crippen molar-refractivity contribution in [2.75, 3.05) is 0 Å². The maximum absolute atomic E-state index is 11.8. The van der Waals surface area contributed by atoms with Gasteiger partial charge in [-0.3, -0.25) is 4.79 Å². The fraction of sp³-hybridized carbons (Fsp3) is 0.938. The molecule has 0 heterocycles. The summed E-state index contributed by atoms with van der Waals surface area (Å²) < 4.78 is 0. The molecule has 0 aromatic carbocycles. The third-order valence-electron chi connectivity index (χ3n) is 4.28. The summed E-state index contributed by atoms with van der Waals surface area (Å²) in [4.78, 5) is 11.8. The molecule has 0 aliphatic heterocycles. The minimum absolute atomic E-state index is 0.458. The molecule has 1 N–H and O–H groups in total. The molecule has 0 amide bonds. The van der Waals surface area contributed by atoms with Crippen LogP contribution in [0.4, 0.5) is 0 Å². The molecule has 0 rings (SSSR count). The summed E-state index contributed by atoms with van der Waals surface area (Å²) in [5, 5.41) is 9.69. The van der Waals surface area contributed by atoms with Gasteiger partial charge in [-0.05, 0) is 25.2 Å². The monoisotopic (exact) mass is 256 g/mol. The zero-order chi connectivity index (χ0) is 14.0. The Morgan fingerprint density at radius 3 is 2.00 bits per heavy atom. The summed E-state index contributed by atoms with van der Waals surface area (Å²) in [6, 6.07) is 0.